The molecule has 0 fully saturated rings. The van der Waals surface area contributed by atoms with E-state index in [2.05, 4.69) is 15.2 Å². The molecule has 14 heteroatoms. The van der Waals surface area contributed by atoms with Crippen molar-refractivity contribution < 1.29 is 37.5 Å². The number of ether oxygens (including phenoxy) is 1. The highest BCUT2D eigenvalue weighted by Crippen LogP contribution is 2.30. The molecule has 0 aliphatic rings. The van der Waals surface area contributed by atoms with Crippen LogP contribution in [0.15, 0.2) is 59.5 Å². The molecule has 2 aromatic heterocycles. The molecule has 3 aromatic carbocycles. The quantitative estimate of drug-likeness (QED) is 0.201. The Morgan fingerprint density at radius 3 is 2.61 bits per heavy atom. The van der Waals surface area contributed by atoms with Crippen molar-refractivity contribution in [1.29, 1.82) is 0 Å². The number of hydrogen-bond acceptors (Lipinski definition) is 9. The Kier molecular flexibility index (Phi) is 6.40. The van der Waals surface area contributed by atoms with Crippen LogP contribution in [0, 0.1) is 6.92 Å². The number of rotatable bonds is 7. The molecule has 0 bridgehead atoms. The van der Waals surface area contributed by atoms with Crippen LogP contribution in [0.3, 0.4) is 0 Å². The molecule has 0 aliphatic heterocycles. The lowest BCUT2D eigenvalue weighted by molar-refractivity contribution is -0.735. The number of aryl methyl sites for hydroxylation is 1. The summed E-state index contributed by atoms with van der Waals surface area (Å²) in [6.07, 6.45) is 0. The van der Waals surface area contributed by atoms with Gasteiger partial charge in [0.25, 0.3) is 15.2 Å². The third-order valence-corrected chi connectivity index (χ3v) is 7.56. The van der Waals surface area contributed by atoms with E-state index < -0.39 is 22.7 Å². The van der Waals surface area contributed by atoms with Gasteiger partial charge in [-0.3, -0.25) is 4.55 Å². The van der Waals surface area contributed by atoms with Crippen molar-refractivity contribution in [3.05, 3.63) is 71.3 Å². The summed E-state index contributed by atoms with van der Waals surface area (Å²) in [5.41, 5.74) is 1.77. The van der Waals surface area contributed by atoms with Gasteiger partial charge in [0.15, 0.2) is 5.69 Å². The minimum absolute atomic E-state index is 0.0380. The summed E-state index contributed by atoms with van der Waals surface area (Å²) >= 11 is 1.26. The Labute approximate surface area is 219 Å². The number of carboxylic acid groups (broad SMARTS) is 1. The van der Waals surface area contributed by atoms with Crippen LogP contribution in [-0.2, 0) is 16.7 Å². The van der Waals surface area contributed by atoms with Gasteiger partial charge >= 0.3 is 11.8 Å². The number of methoxy groups -OCH3 is 1. The van der Waals surface area contributed by atoms with E-state index in [-0.39, 0.29) is 33.1 Å². The SMILES string of the molecule is COc1ccc2nc(-n3nc(-c4ccc(C)cc4S(=O)(=O)O)n[n+]3-c3ccc(C(=O)O)cc3CO)sc2c1. The van der Waals surface area contributed by atoms with Crippen LogP contribution in [0.1, 0.15) is 21.5 Å². The number of tetrazole rings is 1. The standard InChI is InChI=1S/C24H19N5O7S2/c1-13-3-6-17(21(9-13)38(33,34)35)22-26-28(19-8-4-14(23(31)32)10-15(19)12-30)29(27-22)24-25-18-7-5-16(36-2)11-20(18)37-24/h3-11,30H,12H2,1-2H3,(H-,31,32,33,34,35)/p+1. The molecule has 5 aromatic rings. The van der Waals surface area contributed by atoms with E-state index in [0.29, 0.717) is 22.0 Å². The predicted octanol–water partition coefficient (Wildman–Crippen LogP) is 2.57. The number of aliphatic hydroxyl groups is 1. The number of thiazole rings is 1. The first-order valence-corrected chi connectivity index (χ1v) is 13.3. The van der Waals surface area contributed by atoms with Crippen LogP contribution >= 0.6 is 11.3 Å². The zero-order valence-corrected chi connectivity index (χ0v) is 21.6. The fraction of sp³-hybridized carbons (Fsp3) is 0.125. The second-order valence-corrected chi connectivity index (χ2v) is 10.6. The Balaban J connectivity index is 1.79. The summed E-state index contributed by atoms with van der Waals surface area (Å²) in [4.78, 5) is 18.3. The predicted molar refractivity (Wildman–Crippen MR) is 135 cm³/mol. The van der Waals surface area contributed by atoms with Crippen molar-refractivity contribution in [2.75, 3.05) is 7.11 Å². The number of fused-ring (bicyclic) bond motifs is 1. The Morgan fingerprint density at radius 1 is 1.13 bits per heavy atom. The van der Waals surface area contributed by atoms with Crippen LogP contribution in [-0.4, -0.2) is 56.2 Å². The van der Waals surface area contributed by atoms with Crippen LogP contribution in [0.4, 0.5) is 0 Å². The third-order valence-electron chi connectivity index (χ3n) is 5.68. The number of aromatic carboxylic acids is 1. The van der Waals surface area contributed by atoms with Gasteiger partial charge in [-0.25, -0.2) is 9.78 Å². The Hall–Kier alpha value is -4.24. The number of hydrogen-bond donors (Lipinski definition) is 3. The molecular weight excluding hydrogens is 534 g/mol. The highest BCUT2D eigenvalue weighted by molar-refractivity contribution is 7.86. The maximum absolute atomic E-state index is 12.2. The maximum Gasteiger partial charge on any atom is 0.341 e. The molecule has 38 heavy (non-hydrogen) atoms. The van der Waals surface area contributed by atoms with Crippen molar-refractivity contribution in [3.63, 3.8) is 0 Å². The molecule has 2 heterocycles. The summed E-state index contributed by atoms with van der Waals surface area (Å²) in [5, 5.41) is 28.8. The topological polar surface area (TPSA) is 169 Å². The monoisotopic (exact) mass is 554 g/mol. The third kappa shape index (κ3) is 4.61. The van der Waals surface area contributed by atoms with Gasteiger partial charge in [0.1, 0.15) is 10.6 Å². The summed E-state index contributed by atoms with van der Waals surface area (Å²) in [6.45, 7) is 1.17. The van der Waals surface area contributed by atoms with Crippen molar-refractivity contribution >= 4 is 37.6 Å². The molecular formula is C24H20N5O7S2+. The van der Waals surface area contributed by atoms with E-state index in [1.165, 1.54) is 51.3 Å². The number of nitrogens with zero attached hydrogens (tertiary/aromatic N) is 5. The highest BCUT2D eigenvalue weighted by Gasteiger charge is 2.31. The van der Waals surface area contributed by atoms with Crippen LogP contribution in [0.25, 0.3) is 32.4 Å². The van der Waals surface area contributed by atoms with Crippen LogP contribution in [0.2, 0.25) is 0 Å². The zero-order valence-electron chi connectivity index (χ0n) is 19.9. The van der Waals surface area contributed by atoms with Crippen molar-refractivity contribution in [1.82, 2.24) is 20.0 Å². The summed E-state index contributed by atoms with van der Waals surface area (Å²) in [6, 6.07) is 13.9. The van der Waals surface area contributed by atoms with Crippen LogP contribution < -0.4 is 9.53 Å². The van der Waals surface area contributed by atoms with Gasteiger partial charge in [0.05, 0.1) is 40.2 Å². The first-order chi connectivity index (χ1) is 18.1. The number of benzene rings is 3. The summed E-state index contributed by atoms with van der Waals surface area (Å²) in [5.74, 6) is -0.597. The van der Waals surface area contributed by atoms with E-state index >= 15 is 0 Å². The molecule has 0 unspecified atom stereocenters. The minimum atomic E-state index is -4.62. The van der Waals surface area contributed by atoms with Crippen molar-refractivity contribution in [2.45, 2.75) is 18.4 Å². The van der Waals surface area contributed by atoms with E-state index in [4.69, 9.17) is 4.74 Å². The van der Waals surface area contributed by atoms with E-state index in [9.17, 15) is 28.0 Å². The average molecular weight is 555 g/mol. The number of aromatic nitrogens is 5. The van der Waals surface area contributed by atoms with E-state index in [1.807, 2.05) is 0 Å². The van der Waals surface area contributed by atoms with Crippen molar-refractivity contribution in [2.24, 2.45) is 0 Å². The summed E-state index contributed by atoms with van der Waals surface area (Å²) < 4.78 is 40.3. The van der Waals surface area contributed by atoms with Gasteiger partial charge in [0, 0.05) is 10.4 Å². The molecule has 0 saturated carbocycles. The average Bonchev–Trinajstić information content (AvgIpc) is 3.51. The van der Waals surface area contributed by atoms with E-state index in [0.717, 1.165) is 4.70 Å². The molecule has 0 amide bonds. The normalized spacial score (nSPS) is 11.7. The lowest BCUT2D eigenvalue weighted by Gasteiger charge is -2.04. The maximum atomic E-state index is 12.2. The van der Waals surface area contributed by atoms with Gasteiger partial charge in [0.2, 0.25) is 0 Å². The van der Waals surface area contributed by atoms with Gasteiger partial charge in [-0.2, -0.15) is 8.42 Å². The second kappa shape index (κ2) is 9.57. The van der Waals surface area contributed by atoms with Crippen LogP contribution in [0.5, 0.6) is 5.75 Å². The molecule has 0 aliphatic carbocycles. The first kappa shape index (κ1) is 25.4. The minimum Gasteiger partial charge on any atom is -0.497 e. The fourth-order valence-corrected chi connectivity index (χ4v) is 5.55. The van der Waals surface area contributed by atoms with Gasteiger partial charge in [-0.15, -0.1) is 0 Å². The molecule has 0 radical (unpaired) electrons. The summed E-state index contributed by atoms with van der Waals surface area (Å²) in [7, 11) is -3.08. The first-order valence-electron chi connectivity index (χ1n) is 11.0. The van der Waals surface area contributed by atoms with Gasteiger partial charge in [-0.05, 0) is 70.9 Å². The largest absolute Gasteiger partial charge is 0.497 e. The van der Waals surface area contributed by atoms with Gasteiger partial charge in [-0.1, -0.05) is 17.4 Å². The number of aliphatic hydroxyl groups excluding tert-OH is 1. The second-order valence-electron chi connectivity index (χ2n) is 8.21. The smallest absolute Gasteiger partial charge is 0.341 e. The fourth-order valence-electron chi connectivity index (χ4n) is 3.84. The molecule has 3 N–H and O–H groups in total. The Bertz CT molecular complexity index is 1830. The number of carbonyl (C=O) groups is 1. The molecule has 5 rings (SSSR count). The van der Waals surface area contributed by atoms with Gasteiger partial charge < -0.3 is 14.9 Å². The molecule has 0 spiro atoms. The lowest BCUT2D eigenvalue weighted by Crippen LogP contribution is -2.44. The molecule has 0 saturated heterocycles. The lowest BCUT2D eigenvalue weighted by atomic mass is 10.1. The number of carboxylic acids is 1. The molecule has 0 atom stereocenters. The molecule has 194 valence electrons. The highest BCUT2D eigenvalue weighted by atomic mass is 32.2. The Morgan fingerprint density at radius 2 is 1.92 bits per heavy atom. The zero-order chi connectivity index (χ0) is 27.2. The molecule has 12 nitrogen and oxygen atoms in total. The van der Waals surface area contributed by atoms with E-state index in [1.54, 1.807) is 38.3 Å². The van der Waals surface area contributed by atoms with Crippen molar-refractivity contribution in [3.8, 4) is 28.0 Å².